The van der Waals surface area contributed by atoms with E-state index in [1.54, 1.807) is 12.1 Å². The van der Waals surface area contributed by atoms with Gasteiger partial charge in [-0.25, -0.2) is 4.79 Å². The summed E-state index contributed by atoms with van der Waals surface area (Å²) in [5, 5.41) is 11.6. The van der Waals surface area contributed by atoms with E-state index in [4.69, 9.17) is 10.00 Å². The zero-order valence-electron chi connectivity index (χ0n) is 13.0. The maximum atomic E-state index is 11.9. The monoisotopic (exact) mass is 386 g/mol. The first-order valence-corrected chi connectivity index (χ1v) is 8.01. The molecule has 6 heteroatoms. The molecule has 0 saturated heterocycles. The van der Waals surface area contributed by atoms with Crippen LogP contribution in [0.4, 0.5) is 0 Å². The molecule has 0 heterocycles. The summed E-state index contributed by atoms with van der Waals surface area (Å²) >= 11 is 3.43. The van der Waals surface area contributed by atoms with Crippen LogP contribution in [0.2, 0.25) is 0 Å². The van der Waals surface area contributed by atoms with Crippen LogP contribution < -0.4 is 5.32 Å². The van der Waals surface area contributed by atoms with E-state index in [1.165, 1.54) is 12.1 Å². The number of ether oxygens (including phenoxy) is 1. The van der Waals surface area contributed by atoms with Crippen LogP contribution in [0.15, 0.2) is 53.0 Å². The van der Waals surface area contributed by atoms with Gasteiger partial charge in [-0.2, -0.15) is 5.26 Å². The molecule has 0 aliphatic rings. The van der Waals surface area contributed by atoms with Crippen molar-refractivity contribution in [3.05, 3.63) is 69.7 Å². The SMILES string of the molecule is C[C@@H](NC(=O)COC(=O)c1cccc(C#N)c1)c1ccccc1Br. The lowest BCUT2D eigenvalue weighted by Crippen LogP contribution is -2.31. The normalized spacial score (nSPS) is 11.2. The molecule has 122 valence electrons. The third-order valence-corrected chi connectivity index (χ3v) is 4.03. The number of carbonyl (C=O) groups is 2. The molecule has 1 amide bonds. The molecule has 0 aliphatic heterocycles. The average molecular weight is 387 g/mol. The summed E-state index contributed by atoms with van der Waals surface area (Å²) < 4.78 is 5.88. The quantitative estimate of drug-likeness (QED) is 0.798. The molecule has 0 bridgehead atoms. The maximum absolute atomic E-state index is 11.9. The number of hydrogen-bond acceptors (Lipinski definition) is 4. The van der Waals surface area contributed by atoms with Gasteiger partial charge in [-0.1, -0.05) is 40.2 Å². The lowest BCUT2D eigenvalue weighted by Gasteiger charge is -2.15. The number of esters is 1. The number of carbonyl (C=O) groups excluding carboxylic acids is 2. The molecular weight excluding hydrogens is 372 g/mol. The molecule has 24 heavy (non-hydrogen) atoms. The molecule has 2 aromatic carbocycles. The summed E-state index contributed by atoms with van der Waals surface area (Å²) in [5.74, 6) is -1.04. The molecule has 0 aromatic heterocycles. The Morgan fingerprint density at radius 3 is 2.71 bits per heavy atom. The van der Waals surface area contributed by atoms with Gasteiger partial charge in [0.05, 0.1) is 23.2 Å². The maximum Gasteiger partial charge on any atom is 0.338 e. The second-order valence-corrected chi connectivity index (χ2v) is 5.93. The molecule has 0 spiro atoms. The van der Waals surface area contributed by atoms with Crippen LogP contribution >= 0.6 is 15.9 Å². The fourth-order valence-corrected chi connectivity index (χ4v) is 2.75. The highest BCUT2D eigenvalue weighted by Crippen LogP contribution is 2.22. The van der Waals surface area contributed by atoms with E-state index in [9.17, 15) is 9.59 Å². The Bertz CT molecular complexity index is 799. The molecule has 1 N–H and O–H groups in total. The highest BCUT2D eigenvalue weighted by atomic mass is 79.9. The Morgan fingerprint density at radius 2 is 2.00 bits per heavy atom. The second-order valence-electron chi connectivity index (χ2n) is 5.08. The van der Waals surface area contributed by atoms with E-state index >= 15 is 0 Å². The van der Waals surface area contributed by atoms with E-state index in [0.29, 0.717) is 5.56 Å². The van der Waals surface area contributed by atoms with Crippen LogP contribution in [-0.2, 0) is 9.53 Å². The second kappa shape index (κ2) is 8.27. The number of nitrogens with zero attached hydrogens (tertiary/aromatic N) is 1. The van der Waals surface area contributed by atoms with Crippen molar-refractivity contribution in [3.63, 3.8) is 0 Å². The van der Waals surface area contributed by atoms with Crippen molar-refractivity contribution in [1.82, 2.24) is 5.32 Å². The molecule has 0 aliphatic carbocycles. The van der Waals surface area contributed by atoms with Crippen molar-refractivity contribution in [1.29, 1.82) is 5.26 Å². The summed E-state index contributed by atoms with van der Waals surface area (Å²) in [5.41, 5.74) is 1.52. The predicted molar refractivity (Wildman–Crippen MR) is 92.1 cm³/mol. The van der Waals surface area contributed by atoms with E-state index in [0.717, 1.165) is 10.0 Å². The van der Waals surface area contributed by atoms with E-state index < -0.39 is 11.9 Å². The average Bonchev–Trinajstić information content (AvgIpc) is 2.60. The van der Waals surface area contributed by atoms with Gasteiger partial charge in [-0.3, -0.25) is 4.79 Å². The number of hydrogen-bond donors (Lipinski definition) is 1. The number of halogens is 1. The number of rotatable bonds is 5. The van der Waals surface area contributed by atoms with Gasteiger partial charge in [0.15, 0.2) is 6.61 Å². The smallest absolute Gasteiger partial charge is 0.338 e. The van der Waals surface area contributed by atoms with E-state index in [-0.39, 0.29) is 18.2 Å². The van der Waals surface area contributed by atoms with Crippen LogP contribution in [0.1, 0.15) is 34.5 Å². The van der Waals surface area contributed by atoms with Crippen molar-refractivity contribution in [2.24, 2.45) is 0 Å². The Morgan fingerprint density at radius 1 is 1.25 bits per heavy atom. The van der Waals surface area contributed by atoms with Gasteiger partial charge in [0, 0.05) is 4.47 Å². The zero-order valence-corrected chi connectivity index (χ0v) is 14.5. The number of nitrogens with one attached hydrogen (secondary N) is 1. The first-order chi connectivity index (χ1) is 11.5. The van der Waals surface area contributed by atoms with Gasteiger partial charge in [-0.05, 0) is 36.8 Å². The summed E-state index contributed by atoms with van der Waals surface area (Å²) in [6, 6.07) is 15.4. The molecule has 0 radical (unpaired) electrons. The number of amides is 1. The highest BCUT2D eigenvalue weighted by molar-refractivity contribution is 9.10. The van der Waals surface area contributed by atoms with Crippen LogP contribution in [0.25, 0.3) is 0 Å². The molecule has 5 nitrogen and oxygen atoms in total. The van der Waals surface area contributed by atoms with Crippen LogP contribution in [0.5, 0.6) is 0 Å². The Balaban J connectivity index is 1.90. The largest absolute Gasteiger partial charge is 0.452 e. The third kappa shape index (κ3) is 4.67. The summed E-state index contributed by atoms with van der Waals surface area (Å²) in [6.45, 7) is 1.46. The predicted octanol–water partition coefficient (Wildman–Crippen LogP) is 3.35. The lowest BCUT2D eigenvalue weighted by molar-refractivity contribution is -0.124. The molecule has 0 unspecified atom stereocenters. The van der Waals surface area contributed by atoms with Crippen LogP contribution in [0.3, 0.4) is 0 Å². The molecule has 0 fully saturated rings. The first-order valence-electron chi connectivity index (χ1n) is 7.22. The van der Waals surface area contributed by atoms with Crippen molar-refractivity contribution in [2.75, 3.05) is 6.61 Å². The van der Waals surface area contributed by atoms with Gasteiger partial charge < -0.3 is 10.1 Å². The standard InChI is InChI=1S/C18H15BrN2O3/c1-12(15-7-2-3-8-16(15)19)21-17(22)11-24-18(23)14-6-4-5-13(9-14)10-20/h2-9,12H,11H2,1H3,(H,21,22)/t12-/m1/s1. The highest BCUT2D eigenvalue weighted by Gasteiger charge is 2.14. The van der Waals surface area contributed by atoms with Gasteiger partial charge in [0.2, 0.25) is 0 Å². The molecule has 2 aromatic rings. The van der Waals surface area contributed by atoms with Crippen molar-refractivity contribution in [3.8, 4) is 6.07 Å². The Labute approximate surface area is 148 Å². The van der Waals surface area contributed by atoms with Gasteiger partial charge in [0.25, 0.3) is 5.91 Å². The van der Waals surface area contributed by atoms with Gasteiger partial charge >= 0.3 is 5.97 Å². The van der Waals surface area contributed by atoms with E-state index in [2.05, 4.69) is 21.2 Å². The molecule has 0 saturated carbocycles. The summed E-state index contributed by atoms with van der Waals surface area (Å²) in [7, 11) is 0. The van der Waals surface area contributed by atoms with Gasteiger partial charge in [0.1, 0.15) is 0 Å². The minimum atomic E-state index is -0.643. The molecule has 2 rings (SSSR count). The Kier molecular flexibility index (Phi) is 6.10. The minimum absolute atomic E-state index is 0.228. The fourth-order valence-electron chi connectivity index (χ4n) is 2.12. The molecular formula is C18H15BrN2O3. The Hall–Kier alpha value is -2.65. The zero-order chi connectivity index (χ0) is 17.5. The van der Waals surface area contributed by atoms with Gasteiger partial charge in [-0.15, -0.1) is 0 Å². The third-order valence-electron chi connectivity index (χ3n) is 3.31. The first kappa shape index (κ1) is 17.7. The fraction of sp³-hybridized carbons (Fsp3) is 0.167. The topological polar surface area (TPSA) is 79.2 Å². The van der Waals surface area contributed by atoms with Crippen LogP contribution in [-0.4, -0.2) is 18.5 Å². The van der Waals surface area contributed by atoms with Crippen molar-refractivity contribution in [2.45, 2.75) is 13.0 Å². The number of benzene rings is 2. The molecule has 1 atom stereocenters. The van der Waals surface area contributed by atoms with Crippen molar-refractivity contribution >= 4 is 27.8 Å². The lowest BCUT2D eigenvalue weighted by atomic mass is 10.1. The number of nitriles is 1. The van der Waals surface area contributed by atoms with E-state index in [1.807, 2.05) is 37.3 Å². The summed E-state index contributed by atoms with van der Waals surface area (Å²) in [4.78, 5) is 23.8. The minimum Gasteiger partial charge on any atom is -0.452 e. The summed E-state index contributed by atoms with van der Waals surface area (Å²) in [6.07, 6.45) is 0. The van der Waals surface area contributed by atoms with Crippen molar-refractivity contribution < 1.29 is 14.3 Å². The van der Waals surface area contributed by atoms with Crippen LogP contribution in [0, 0.1) is 11.3 Å².